The average Bonchev–Trinajstić information content (AvgIpc) is 2.39. The van der Waals surface area contributed by atoms with Gasteiger partial charge in [-0.2, -0.15) is 13.2 Å². The Bertz CT molecular complexity index is 437. The van der Waals surface area contributed by atoms with Gasteiger partial charge in [0.15, 0.2) is 11.6 Å². The van der Waals surface area contributed by atoms with Crippen LogP contribution in [-0.4, -0.2) is 32.0 Å². The fourth-order valence-electron chi connectivity index (χ4n) is 1.69. The van der Waals surface area contributed by atoms with E-state index in [-0.39, 0.29) is 25.0 Å². The van der Waals surface area contributed by atoms with Crippen LogP contribution in [0.1, 0.15) is 18.9 Å². The van der Waals surface area contributed by atoms with Gasteiger partial charge >= 0.3 is 6.18 Å². The lowest BCUT2D eigenvalue weighted by Crippen LogP contribution is -2.22. The first kappa shape index (κ1) is 17.7. The predicted molar refractivity (Wildman–Crippen MR) is 70.7 cm³/mol. The van der Waals surface area contributed by atoms with Crippen LogP contribution in [0.3, 0.4) is 0 Å². The summed E-state index contributed by atoms with van der Waals surface area (Å²) in [5.41, 5.74) is 6.42. The van der Waals surface area contributed by atoms with Crippen LogP contribution in [0, 0.1) is 5.82 Å². The van der Waals surface area contributed by atoms with Crippen molar-refractivity contribution in [2.75, 3.05) is 19.8 Å². The summed E-state index contributed by atoms with van der Waals surface area (Å²) in [5, 5.41) is 0. The van der Waals surface area contributed by atoms with Crippen molar-refractivity contribution in [1.82, 2.24) is 0 Å². The number of rotatable bonds is 8. The molecule has 1 rings (SSSR count). The Morgan fingerprint density at radius 1 is 1.24 bits per heavy atom. The molecule has 0 saturated carbocycles. The third-order valence-corrected chi connectivity index (χ3v) is 2.79. The lowest BCUT2D eigenvalue weighted by Gasteiger charge is -2.15. The van der Waals surface area contributed by atoms with E-state index in [2.05, 4.69) is 4.74 Å². The Labute approximate surface area is 121 Å². The van der Waals surface area contributed by atoms with Gasteiger partial charge in [0, 0.05) is 6.04 Å². The van der Waals surface area contributed by atoms with E-state index >= 15 is 0 Å². The number of ether oxygens (including phenoxy) is 2. The second kappa shape index (κ2) is 8.19. The molecule has 0 heterocycles. The standard InChI is InChI=1S/C14H19F4NO2/c1-2-11(19)8-10-4-3-5-12(15)13(10)21-7-6-20-9-14(16,17)18/h3-5,11H,2,6-9,19H2,1H3. The third-order valence-electron chi connectivity index (χ3n) is 2.79. The Kier molecular flexibility index (Phi) is 6.91. The van der Waals surface area contributed by atoms with E-state index in [1.165, 1.54) is 6.07 Å². The summed E-state index contributed by atoms with van der Waals surface area (Å²) in [7, 11) is 0. The highest BCUT2D eigenvalue weighted by Crippen LogP contribution is 2.24. The first-order valence-electron chi connectivity index (χ1n) is 6.63. The molecule has 0 saturated heterocycles. The predicted octanol–water partition coefficient (Wildman–Crippen LogP) is 3.06. The summed E-state index contributed by atoms with van der Waals surface area (Å²) in [6.07, 6.45) is -3.21. The van der Waals surface area contributed by atoms with Gasteiger partial charge in [-0.25, -0.2) is 4.39 Å². The van der Waals surface area contributed by atoms with E-state index in [4.69, 9.17) is 10.5 Å². The average molecular weight is 309 g/mol. The molecule has 21 heavy (non-hydrogen) atoms. The van der Waals surface area contributed by atoms with Crippen LogP contribution in [0.2, 0.25) is 0 Å². The monoisotopic (exact) mass is 309 g/mol. The zero-order chi connectivity index (χ0) is 15.9. The van der Waals surface area contributed by atoms with E-state index in [0.29, 0.717) is 12.0 Å². The SMILES string of the molecule is CCC(N)Cc1cccc(F)c1OCCOCC(F)(F)F. The third kappa shape index (κ3) is 6.77. The minimum absolute atomic E-state index is 0.0250. The zero-order valence-electron chi connectivity index (χ0n) is 11.8. The minimum atomic E-state index is -4.38. The minimum Gasteiger partial charge on any atom is -0.488 e. The van der Waals surface area contributed by atoms with E-state index in [1.807, 2.05) is 6.92 Å². The number of halogens is 4. The molecule has 2 N–H and O–H groups in total. The molecule has 0 aliphatic rings. The molecule has 3 nitrogen and oxygen atoms in total. The molecule has 7 heteroatoms. The molecule has 1 aromatic carbocycles. The molecule has 120 valence electrons. The number of hydrogen-bond acceptors (Lipinski definition) is 3. The number of hydrogen-bond donors (Lipinski definition) is 1. The van der Waals surface area contributed by atoms with Crippen LogP contribution >= 0.6 is 0 Å². The van der Waals surface area contributed by atoms with Gasteiger partial charge in [0.25, 0.3) is 0 Å². The van der Waals surface area contributed by atoms with Gasteiger partial charge in [-0.3, -0.25) is 0 Å². The molecule has 0 amide bonds. The molecular weight excluding hydrogens is 290 g/mol. The van der Waals surface area contributed by atoms with Gasteiger partial charge in [-0.1, -0.05) is 19.1 Å². The van der Waals surface area contributed by atoms with Crippen LogP contribution < -0.4 is 10.5 Å². The summed E-state index contributed by atoms with van der Waals surface area (Å²) in [6, 6.07) is 4.33. The van der Waals surface area contributed by atoms with Gasteiger partial charge in [0.2, 0.25) is 0 Å². The molecule has 0 aromatic heterocycles. The largest absolute Gasteiger partial charge is 0.488 e. The van der Waals surface area contributed by atoms with Crippen LogP contribution in [-0.2, 0) is 11.2 Å². The van der Waals surface area contributed by atoms with Crippen LogP contribution in [0.4, 0.5) is 17.6 Å². The molecule has 0 aliphatic heterocycles. The molecule has 1 atom stereocenters. The summed E-state index contributed by atoms with van der Waals surface area (Å²) in [5.74, 6) is -0.538. The molecule has 0 bridgehead atoms. The number of benzene rings is 1. The first-order valence-corrected chi connectivity index (χ1v) is 6.63. The highest BCUT2D eigenvalue weighted by Gasteiger charge is 2.27. The van der Waals surface area contributed by atoms with E-state index in [1.54, 1.807) is 12.1 Å². The molecule has 0 fully saturated rings. The Morgan fingerprint density at radius 3 is 2.57 bits per heavy atom. The fraction of sp³-hybridized carbons (Fsp3) is 0.571. The quantitative estimate of drug-likeness (QED) is 0.593. The Balaban J connectivity index is 2.53. The number of alkyl halides is 3. The lowest BCUT2D eigenvalue weighted by atomic mass is 10.0. The van der Waals surface area contributed by atoms with Crippen molar-refractivity contribution < 1.29 is 27.0 Å². The van der Waals surface area contributed by atoms with Crippen molar-refractivity contribution in [2.24, 2.45) is 5.73 Å². The molecular formula is C14H19F4NO2. The molecule has 0 spiro atoms. The summed E-state index contributed by atoms with van der Waals surface area (Å²) in [4.78, 5) is 0. The van der Waals surface area contributed by atoms with Gasteiger partial charge in [0.1, 0.15) is 13.2 Å². The second-order valence-corrected chi connectivity index (χ2v) is 4.62. The summed E-state index contributed by atoms with van der Waals surface area (Å²) >= 11 is 0. The van der Waals surface area contributed by atoms with Crippen molar-refractivity contribution in [2.45, 2.75) is 32.0 Å². The van der Waals surface area contributed by atoms with E-state index in [9.17, 15) is 17.6 Å². The molecule has 1 aromatic rings. The zero-order valence-corrected chi connectivity index (χ0v) is 11.8. The van der Waals surface area contributed by atoms with Crippen LogP contribution in [0.15, 0.2) is 18.2 Å². The summed E-state index contributed by atoms with van der Waals surface area (Å²) in [6.45, 7) is 0.134. The molecule has 1 unspecified atom stereocenters. The van der Waals surface area contributed by atoms with Gasteiger partial charge in [0.05, 0.1) is 6.61 Å². The van der Waals surface area contributed by atoms with Gasteiger partial charge < -0.3 is 15.2 Å². The van der Waals surface area contributed by atoms with Gasteiger partial charge in [-0.15, -0.1) is 0 Å². The normalized spacial score (nSPS) is 13.2. The second-order valence-electron chi connectivity index (χ2n) is 4.62. The Hall–Kier alpha value is -1.34. The maximum atomic E-state index is 13.7. The highest BCUT2D eigenvalue weighted by molar-refractivity contribution is 5.35. The smallest absolute Gasteiger partial charge is 0.411 e. The molecule has 0 aliphatic carbocycles. The summed E-state index contributed by atoms with van der Waals surface area (Å²) < 4.78 is 59.0. The van der Waals surface area contributed by atoms with Crippen molar-refractivity contribution >= 4 is 0 Å². The van der Waals surface area contributed by atoms with Crippen molar-refractivity contribution in [3.05, 3.63) is 29.6 Å². The van der Waals surface area contributed by atoms with E-state index in [0.717, 1.165) is 6.42 Å². The topological polar surface area (TPSA) is 44.5 Å². The highest BCUT2D eigenvalue weighted by atomic mass is 19.4. The van der Waals surface area contributed by atoms with Crippen LogP contribution in [0.5, 0.6) is 5.75 Å². The van der Waals surface area contributed by atoms with Crippen molar-refractivity contribution in [3.63, 3.8) is 0 Å². The number of para-hydroxylation sites is 1. The Morgan fingerprint density at radius 2 is 1.95 bits per heavy atom. The maximum absolute atomic E-state index is 13.7. The fourth-order valence-corrected chi connectivity index (χ4v) is 1.69. The maximum Gasteiger partial charge on any atom is 0.411 e. The van der Waals surface area contributed by atoms with Gasteiger partial charge in [-0.05, 0) is 24.5 Å². The van der Waals surface area contributed by atoms with Crippen LogP contribution in [0.25, 0.3) is 0 Å². The van der Waals surface area contributed by atoms with Crippen molar-refractivity contribution in [1.29, 1.82) is 0 Å². The van der Waals surface area contributed by atoms with E-state index < -0.39 is 18.6 Å². The van der Waals surface area contributed by atoms with Crippen molar-refractivity contribution in [3.8, 4) is 5.75 Å². The lowest BCUT2D eigenvalue weighted by molar-refractivity contribution is -0.175. The number of nitrogens with two attached hydrogens (primary N) is 1. The first-order chi connectivity index (χ1) is 9.83. The molecule has 0 radical (unpaired) electrons.